The van der Waals surface area contributed by atoms with Gasteiger partial charge in [0.25, 0.3) is 11.9 Å². The van der Waals surface area contributed by atoms with Gasteiger partial charge in [-0.15, -0.1) is 0 Å². The van der Waals surface area contributed by atoms with Crippen molar-refractivity contribution in [1.82, 2.24) is 0 Å². The predicted molar refractivity (Wildman–Crippen MR) is 135 cm³/mol. The van der Waals surface area contributed by atoms with Crippen LogP contribution in [0.15, 0.2) is 97.1 Å². The van der Waals surface area contributed by atoms with Crippen molar-refractivity contribution in [3.05, 3.63) is 97.1 Å². The van der Waals surface area contributed by atoms with E-state index in [0.717, 1.165) is 36.5 Å². The molecule has 0 bridgehead atoms. The number of aromatic hydroxyl groups is 2. The molecule has 0 aliphatic heterocycles. The molecule has 0 atom stereocenters. The van der Waals surface area contributed by atoms with Gasteiger partial charge < -0.3 is 29.9 Å². The highest BCUT2D eigenvalue weighted by atomic mass is 16.5. The molecule has 0 saturated carbocycles. The molecule has 4 rings (SSSR count). The van der Waals surface area contributed by atoms with Crippen molar-refractivity contribution in [3.8, 4) is 45.6 Å². The van der Waals surface area contributed by atoms with E-state index >= 15 is 0 Å². The smallest absolute Gasteiger partial charge is 0.300 e. The first-order valence-electron chi connectivity index (χ1n) is 10.7. The van der Waals surface area contributed by atoms with Gasteiger partial charge in [0.15, 0.2) is 0 Å². The topological polar surface area (TPSA) is 134 Å². The third-order valence-corrected chi connectivity index (χ3v) is 4.19. The van der Waals surface area contributed by atoms with Crippen LogP contribution in [-0.4, -0.2) is 32.4 Å². The van der Waals surface area contributed by atoms with E-state index in [1.807, 2.05) is 48.5 Å². The van der Waals surface area contributed by atoms with E-state index < -0.39 is 11.9 Å². The molecule has 0 radical (unpaired) electrons. The van der Waals surface area contributed by atoms with Gasteiger partial charge in [-0.2, -0.15) is 0 Å². The lowest BCUT2D eigenvalue weighted by atomic mass is 10.1. The predicted octanol–water partition coefficient (Wildman–Crippen LogP) is 6.53. The van der Waals surface area contributed by atoms with Gasteiger partial charge in [0.2, 0.25) is 0 Å². The molecule has 0 aromatic heterocycles. The van der Waals surface area contributed by atoms with Crippen molar-refractivity contribution in [2.24, 2.45) is 0 Å². The first kappa shape index (κ1) is 27.3. The summed E-state index contributed by atoms with van der Waals surface area (Å²) in [7, 11) is 0. The fourth-order valence-corrected chi connectivity index (χ4v) is 2.73. The number of rotatable bonds is 5. The number of aliphatic carboxylic acids is 2. The highest BCUT2D eigenvalue weighted by Crippen LogP contribution is 2.29. The quantitative estimate of drug-likeness (QED) is 0.248. The molecule has 36 heavy (non-hydrogen) atoms. The van der Waals surface area contributed by atoms with Crippen LogP contribution < -0.4 is 9.47 Å². The fraction of sp³-hybridized carbons (Fsp3) is 0.0714. The highest BCUT2D eigenvalue weighted by Gasteiger charge is 2.03. The number of carboxylic acids is 2. The number of benzene rings is 4. The number of ether oxygens (including phenoxy) is 2. The van der Waals surface area contributed by atoms with Crippen LogP contribution in [0, 0.1) is 0 Å². The minimum Gasteiger partial charge on any atom is -0.508 e. The Labute approximate surface area is 208 Å². The Balaban J connectivity index is 0.000000501. The molecular weight excluding hydrogens is 464 g/mol. The molecule has 0 aliphatic rings. The number of phenols is 2. The zero-order chi connectivity index (χ0) is 26.5. The number of carboxylic acid groups (broad SMARTS) is 2. The van der Waals surface area contributed by atoms with Crippen molar-refractivity contribution in [1.29, 1.82) is 0 Å². The van der Waals surface area contributed by atoms with Gasteiger partial charge in [0.1, 0.15) is 34.5 Å². The van der Waals surface area contributed by atoms with Crippen molar-refractivity contribution in [3.63, 3.8) is 0 Å². The lowest BCUT2D eigenvalue weighted by molar-refractivity contribution is -0.135. The van der Waals surface area contributed by atoms with Gasteiger partial charge in [0.05, 0.1) is 0 Å². The summed E-state index contributed by atoms with van der Waals surface area (Å²) in [6.45, 7) is 2.17. The molecule has 0 saturated heterocycles. The van der Waals surface area contributed by atoms with Gasteiger partial charge in [-0.25, -0.2) is 0 Å². The van der Waals surface area contributed by atoms with Crippen LogP contribution in [0.5, 0.6) is 34.5 Å². The van der Waals surface area contributed by atoms with Crippen molar-refractivity contribution in [2.75, 3.05) is 0 Å². The SMILES string of the molecule is CC(=O)O.CC(=O)O.Oc1ccc(Oc2ccc(-c3ccc(Oc4ccc(O)cc4)cc3)cc2)cc1. The third kappa shape index (κ3) is 10.3. The van der Waals surface area contributed by atoms with Crippen LogP contribution in [0.2, 0.25) is 0 Å². The Hall–Kier alpha value is -4.98. The van der Waals surface area contributed by atoms with Crippen LogP contribution in [0.25, 0.3) is 11.1 Å². The molecule has 0 heterocycles. The third-order valence-electron chi connectivity index (χ3n) is 4.19. The van der Waals surface area contributed by atoms with E-state index in [9.17, 15) is 10.2 Å². The molecule has 0 fully saturated rings. The molecule has 8 heteroatoms. The second-order valence-electron chi connectivity index (χ2n) is 7.28. The molecule has 4 aromatic carbocycles. The number of hydrogen-bond acceptors (Lipinski definition) is 6. The first-order chi connectivity index (χ1) is 17.1. The number of carbonyl (C=O) groups is 2. The summed E-state index contributed by atoms with van der Waals surface area (Å²) in [5.74, 6) is 1.53. The second-order valence-corrected chi connectivity index (χ2v) is 7.28. The van der Waals surface area contributed by atoms with E-state index in [4.69, 9.17) is 29.3 Å². The monoisotopic (exact) mass is 490 g/mol. The van der Waals surface area contributed by atoms with Crippen LogP contribution in [0.4, 0.5) is 0 Å². The standard InChI is InChI=1S/C24H18O4.2C2H4O2/c25-19-5-13-23(14-6-19)27-21-9-1-17(2-10-21)18-3-11-22(12-4-18)28-24-15-7-20(26)8-16-24;2*1-2(3)4/h1-16,25-26H;2*1H3,(H,3,4). The Morgan fingerprint density at radius 2 is 0.667 bits per heavy atom. The molecule has 186 valence electrons. The molecule has 0 aliphatic carbocycles. The Bertz CT molecular complexity index is 1120. The highest BCUT2D eigenvalue weighted by molar-refractivity contribution is 5.65. The van der Waals surface area contributed by atoms with E-state index in [1.54, 1.807) is 48.5 Å². The Morgan fingerprint density at radius 3 is 0.889 bits per heavy atom. The van der Waals surface area contributed by atoms with Crippen LogP contribution in [0.1, 0.15) is 13.8 Å². The van der Waals surface area contributed by atoms with Crippen molar-refractivity contribution >= 4 is 11.9 Å². The van der Waals surface area contributed by atoms with E-state index in [2.05, 4.69) is 0 Å². The lowest BCUT2D eigenvalue weighted by Crippen LogP contribution is -1.85. The summed E-state index contributed by atoms with van der Waals surface area (Å²) >= 11 is 0. The molecule has 0 spiro atoms. The molecule has 4 N–H and O–H groups in total. The van der Waals surface area contributed by atoms with E-state index in [1.165, 1.54) is 0 Å². The van der Waals surface area contributed by atoms with Gasteiger partial charge >= 0.3 is 0 Å². The molecular formula is C28H26O8. The summed E-state index contributed by atoms with van der Waals surface area (Å²) in [5, 5.41) is 33.5. The maximum absolute atomic E-state index is 9.32. The molecule has 0 unspecified atom stereocenters. The Kier molecular flexibility index (Phi) is 10.3. The number of hydrogen-bond donors (Lipinski definition) is 4. The zero-order valence-electron chi connectivity index (χ0n) is 19.7. The summed E-state index contributed by atoms with van der Waals surface area (Å²) in [6, 6.07) is 28.8. The summed E-state index contributed by atoms with van der Waals surface area (Å²) < 4.78 is 11.5. The minimum absolute atomic E-state index is 0.209. The molecule has 8 nitrogen and oxygen atoms in total. The minimum atomic E-state index is -0.833. The normalized spacial score (nSPS) is 9.50. The molecule has 4 aromatic rings. The van der Waals surface area contributed by atoms with Crippen LogP contribution in [-0.2, 0) is 9.59 Å². The number of phenolic OH excluding ortho intramolecular Hbond substituents is 2. The van der Waals surface area contributed by atoms with Crippen LogP contribution >= 0.6 is 0 Å². The summed E-state index contributed by atoms with van der Waals surface area (Å²) in [5.41, 5.74) is 2.13. The second kappa shape index (κ2) is 13.7. The zero-order valence-corrected chi connectivity index (χ0v) is 19.7. The fourth-order valence-electron chi connectivity index (χ4n) is 2.73. The van der Waals surface area contributed by atoms with Crippen molar-refractivity contribution in [2.45, 2.75) is 13.8 Å². The largest absolute Gasteiger partial charge is 0.508 e. The average molecular weight is 491 g/mol. The molecule has 0 amide bonds. The maximum atomic E-state index is 9.32. The van der Waals surface area contributed by atoms with Crippen LogP contribution in [0.3, 0.4) is 0 Å². The average Bonchev–Trinajstić information content (AvgIpc) is 2.82. The maximum Gasteiger partial charge on any atom is 0.300 e. The lowest BCUT2D eigenvalue weighted by Gasteiger charge is -2.09. The first-order valence-corrected chi connectivity index (χ1v) is 10.7. The van der Waals surface area contributed by atoms with Gasteiger partial charge in [0, 0.05) is 13.8 Å². The van der Waals surface area contributed by atoms with Gasteiger partial charge in [-0.05, 0) is 83.9 Å². The van der Waals surface area contributed by atoms with E-state index in [0.29, 0.717) is 11.5 Å². The van der Waals surface area contributed by atoms with E-state index in [-0.39, 0.29) is 11.5 Å². The van der Waals surface area contributed by atoms with Gasteiger partial charge in [-0.3, -0.25) is 9.59 Å². The Morgan fingerprint density at radius 1 is 0.472 bits per heavy atom. The van der Waals surface area contributed by atoms with Gasteiger partial charge in [-0.1, -0.05) is 24.3 Å². The van der Waals surface area contributed by atoms with Crippen molar-refractivity contribution < 1.29 is 39.5 Å². The summed E-state index contributed by atoms with van der Waals surface area (Å²) in [6.07, 6.45) is 0. The summed E-state index contributed by atoms with van der Waals surface area (Å²) in [4.78, 5) is 18.0.